The fourth-order valence-corrected chi connectivity index (χ4v) is 3.20. The molecular formula is C16H19ClN6O6S. The van der Waals surface area contributed by atoms with Crippen LogP contribution in [0.4, 0.5) is 16.4 Å². The average molecular weight is 459 g/mol. The first-order valence-electron chi connectivity index (χ1n) is 8.15. The quantitative estimate of drug-likeness (QED) is 0.561. The van der Waals surface area contributed by atoms with Gasteiger partial charge in [-0.2, -0.15) is 18.4 Å². The molecule has 2 rings (SSSR count). The van der Waals surface area contributed by atoms with Gasteiger partial charge in [0.05, 0.1) is 36.6 Å². The van der Waals surface area contributed by atoms with E-state index in [-0.39, 0.29) is 34.0 Å². The van der Waals surface area contributed by atoms with Crippen LogP contribution in [0.5, 0.6) is 11.8 Å². The molecule has 0 saturated heterocycles. The maximum absolute atomic E-state index is 12.4. The predicted octanol–water partition coefficient (Wildman–Crippen LogP) is 1.33. The molecule has 1 aromatic carbocycles. The van der Waals surface area contributed by atoms with Gasteiger partial charge in [0.15, 0.2) is 0 Å². The average Bonchev–Trinajstić information content (AvgIpc) is 2.66. The first kappa shape index (κ1) is 23.0. The van der Waals surface area contributed by atoms with E-state index in [2.05, 4.69) is 20.0 Å². The number of ether oxygens (including phenoxy) is 2. The number of benzene rings is 1. The van der Waals surface area contributed by atoms with Gasteiger partial charge in [0.2, 0.25) is 17.7 Å². The number of anilines is 2. The van der Waals surface area contributed by atoms with Gasteiger partial charge < -0.3 is 14.4 Å². The van der Waals surface area contributed by atoms with Crippen molar-refractivity contribution < 1.29 is 27.5 Å². The molecule has 0 aliphatic heterocycles. The van der Waals surface area contributed by atoms with Crippen LogP contribution in [0, 0.1) is 0 Å². The molecule has 3 amide bonds. The van der Waals surface area contributed by atoms with Gasteiger partial charge in [0.25, 0.3) is 5.91 Å². The van der Waals surface area contributed by atoms with Gasteiger partial charge in [0.1, 0.15) is 0 Å². The van der Waals surface area contributed by atoms with Crippen LogP contribution in [0.25, 0.3) is 0 Å². The summed E-state index contributed by atoms with van der Waals surface area (Å²) < 4.78 is 38.4. The molecule has 162 valence electrons. The van der Waals surface area contributed by atoms with Crippen LogP contribution < -0.4 is 24.2 Å². The number of hydrogen-bond donors (Lipinski definition) is 3. The van der Waals surface area contributed by atoms with Crippen LogP contribution >= 0.6 is 11.6 Å². The molecule has 3 N–H and O–H groups in total. The van der Waals surface area contributed by atoms with Crippen molar-refractivity contribution in [1.29, 1.82) is 0 Å². The molecule has 0 bridgehead atoms. The van der Waals surface area contributed by atoms with Crippen LogP contribution in [0.2, 0.25) is 5.02 Å². The standard InChI is InChI=1S/C16H19ClN6O6S/c1-23(2)14(24)13-9(17)6-5-7-10(13)21-30(26,27)22-16(25)20-15-18-11(28-3)8-12(19-15)29-4/h5-8,21H,1-4H3,(H2,18,19,20,22,25). The molecule has 0 aliphatic carbocycles. The van der Waals surface area contributed by atoms with Crippen LogP contribution in [0.15, 0.2) is 24.3 Å². The summed E-state index contributed by atoms with van der Waals surface area (Å²) in [5.74, 6) is -0.613. The molecule has 30 heavy (non-hydrogen) atoms. The summed E-state index contributed by atoms with van der Waals surface area (Å²) >= 11 is 6.05. The Morgan fingerprint density at radius 3 is 2.23 bits per heavy atom. The molecule has 0 unspecified atom stereocenters. The van der Waals surface area contributed by atoms with Crippen LogP contribution in [0.1, 0.15) is 10.4 Å². The van der Waals surface area contributed by atoms with Crippen molar-refractivity contribution in [3.63, 3.8) is 0 Å². The number of nitrogens with zero attached hydrogens (tertiary/aromatic N) is 3. The fraction of sp³-hybridized carbons (Fsp3) is 0.250. The van der Waals surface area contributed by atoms with Crippen LogP contribution in [-0.4, -0.2) is 63.5 Å². The molecule has 12 nitrogen and oxygen atoms in total. The lowest BCUT2D eigenvalue weighted by molar-refractivity contribution is 0.0828. The topological polar surface area (TPSA) is 152 Å². The number of hydrogen-bond acceptors (Lipinski definition) is 8. The number of rotatable bonds is 7. The number of carbonyl (C=O) groups excluding carboxylic acids is 2. The number of amides is 3. The van der Waals surface area contributed by atoms with Crippen LogP contribution in [-0.2, 0) is 10.2 Å². The van der Waals surface area contributed by atoms with Crippen molar-refractivity contribution in [3.05, 3.63) is 34.9 Å². The minimum Gasteiger partial charge on any atom is -0.481 e. The monoisotopic (exact) mass is 458 g/mol. The summed E-state index contributed by atoms with van der Waals surface area (Å²) in [7, 11) is 1.21. The van der Waals surface area contributed by atoms with E-state index in [1.165, 1.54) is 57.5 Å². The lowest BCUT2D eigenvalue weighted by Gasteiger charge is -2.17. The van der Waals surface area contributed by atoms with E-state index >= 15 is 0 Å². The second kappa shape index (κ2) is 9.45. The van der Waals surface area contributed by atoms with Gasteiger partial charge >= 0.3 is 16.2 Å². The Morgan fingerprint density at radius 1 is 1.10 bits per heavy atom. The van der Waals surface area contributed by atoms with Crippen molar-refractivity contribution in [2.45, 2.75) is 0 Å². The highest BCUT2D eigenvalue weighted by Gasteiger charge is 2.22. The molecule has 14 heteroatoms. The molecule has 0 fully saturated rings. The maximum Gasteiger partial charge on any atom is 0.336 e. The van der Waals surface area contributed by atoms with Crippen molar-refractivity contribution in [3.8, 4) is 11.8 Å². The van der Waals surface area contributed by atoms with E-state index < -0.39 is 22.1 Å². The molecule has 1 heterocycles. The predicted molar refractivity (Wildman–Crippen MR) is 109 cm³/mol. The van der Waals surface area contributed by atoms with E-state index in [1.807, 2.05) is 0 Å². The van der Waals surface area contributed by atoms with E-state index in [1.54, 1.807) is 4.72 Å². The third-order valence-corrected chi connectivity index (χ3v) is 4.69. The number of methoxy groups -OCH3 is 2. The molecular weight excluding hydrogens is 440 g/mol. The van der Waals surface area contributed by atoms with E-state index in [0.29, 0.717) is 0 Å². The number of nitrogens with one attached hydrogen (secondary N) is 3. The van der Waals surface area contributed by atoms with Gasteiger partial charge in [-0.3, -0.25) is 14.8 Å². The van der Waals surface area contributed by atoms with Crippen molar-refractivity contribution in [2.24, 2.45) is 0 Å². The number of halogens is 1. The Morgan fingerprint density at radius 2 is 1.70 bits per heavy atom. The van der Waals surface area contributed by atoms with Crippen LogP contribution in [0.3, 0.4) is 0 Å². The zero-order valence-electron chi connectivity index (χ0n) is 16.4. The Bertz CT molecular complexity index is 1040. The highest BCUT2D eigenvalue weighted by atomic mass is 35.5. The minimum atomic E-state index is -4.44. The number of carbonyl (C=O) groups is 2. The SMILES string of the molecule is COc1cc(OC)nc(NC(=O)NS(=O)(=O)Nc2cccc(Cl)c2C(=O)N(C)C)n1. The fourth-order valence-electron chi connectivity index (χ4n) is 2.14. The van der Waals surface area contributed by atoms with E-state index in [4.69, 9.17) is 21.1 Å². The summed E-state index contributed by atoms with van der Waals surface area (Å²) in [6.45, 7) is 0. The van der Waals surface area contributed by atoms with E-state index in [0.717, 1.165) is 0 Å². The number of urea groups is 1. The molecule has 0 aliphatic rings. The zero-order chi connectivity index (χ0) is 22.5. The Kier molecular flexibility index (Phi) is 7.24. The lowest BCUT2D eigenvalue weighted by Crippen LogP contribution is -2.39. The zero-order valence-corrected chi connectivity index (χ0v) is 18.0. The first-order valence-corrected chi connectivity index (χ1v) is 10.0. The van der Waals surface area contributed by atoms with Gasteiger partial charge in [-0.15, -0.1) is 0 Å². The normalized spacial score (nSPS) is 10.7. The summed E-state index contributed by atoms with van der Waals surface area (Å²) in [6.07, 6.45) is 0. The Balaban J connectivity index is 2.19. The summed E-state index contributed by atoms with van der Waals surface area (Å²) in [5.41, 5.74) is -0.184. The Labute approximate surface area is 177 Å². The first-order chi connectivity index (χ1) is 14.1. The van der Waals surface area contributed by atoms with Crippen molar-refractivity contribution >= 4 is 45.4 Å². The second-order valence-corrected chi connectivity index (χ2v) is 7.62. The maximum atomic E-state index is 12.4. The van der Waals surface area contributed by atoms with Gasteiger partial charge in [-0.05, 0) is 12.1 Å². The van der Waals surface area contributed by atoms with Crippen molar-refractivity contribution in [2.75, 3.05) is 38.4 Å². The van der Waals surface area contributed by atoms with E-state index in [9.17, 15) is 18.0 Å². The molecule has 0 atom stereocenters. The van der Waals surface area contributed by atoms with Gasteiger partial charge in [-0.25, -0.2) is 9.52 Å². The molecule has 0 saturated carbocycles. The highest BCUT2D eigenvalue weighted by Crippen LogP contribution is 2.26. The third kappa shape index (κ3) is 5.84. The van der Waals surface area contributed by atoms with Gasteiger partial charge in [-0.1, -0.05) is 17.7 Å². The summed E-state index contributed by atoms with van der Waals surface area (Å²) in [6, 6.07) is 4.41. The summed E-state index contributed by atoms with van der Waals surface area (Å²) in [4.78, 5) is 33.4. The third-order valence-electron chi connectivity index (χ3n) is 3.43. The molecule has 0 radical (unpaired) electrons. The largest absolute Gasteiger partial charge is 0.481 e. The molecule has 1 aromatic heterocycles. The highest BCUT2D eigenvalue weighted by molar-refractivity contribution is 7.91. The molecule has 0 spiro atoms. The van der Waals surface area contributed by atoms with Crippen molar-refractivity contribution in [1.82, 2.24) is 19.6 Å². The minimum absolute atomic E-state index is 0.0372. The Hall–Kier alpha value is -3.32. The lowest BCUT2D eigenvalue weighted by atomic mass is 10.1. The summed E-state index contributed by atoms with van der Waals surface area (Å²) in [5, 5.41) is 2.18. The second-order valence-electron chi connectivity index (χ2n) is 5.80. The molecule has 2 aromatic rings. The number of aromatic nitrogens is 2. The van der Waals surface area contributed by atoms with Gasteiger partial charge in [0, 0.05) is 14.1 Å². The smallest absolute Gasteiger partial charge is 0.336 e.